The van der Waals surface area contributed by atoms with Crippen molar-refractivity contribution in [3.8, 4) is 5.69 Å². The van der Waals surface area contributed by atoms with Crippen LogP contribution in [0.5, 0.6) is 0 Å². The smallest absolute Gasteiger partial charge is 0.233 e. The first-order valence-electron chi connectivity index (χ1n) is 10.2. The predicted octanol–water partition coefficient (Wildman–Crippen LogP) is 3.84. The standard InChI is InChI=1S/C22H25N7OS/c1-13(2)19(20-23-16-10-6-7-11-17(16)24-20)25-21(30)15(4)31-22-26-27-28-29(22)18-12-8-5-9-14(18)3/h5-13,15,19H,1-4H3,(H,23,24)(H,25,30). The Bertz CT molecular complexity index is 1170. The van der Waals surface area contributed by atoms with Crippen LogP contribution in [0, 0.1) is 12.8 Å². The summed E-state index contributed by atoms with van der Waals surface area (Å²) in [4.78, 5) is 21.0. The molecule has 2 aromatic heterocycles. The summed E-state index contributed by atoms with van der Waals surface area (Å²) < 4.78 is 1.67. The average molecular weight is 436 g/mol. The van der Waals surface area contributed by atoms with Crippen LogP contribution in [0.15, 0.2) is 53.7 Å². The Hall–Kier alpha value is -3.20. The molecule has 1 amide bonds. The zero-order valence-corrected chi connectivity index (χ0v) is 18.7. The van der Waals surface area contributed by atoms with Crippen LogP contribution in [0.4, 0.5) is 0 Å². The van der Waals surface area contributed by atoms with Crippen molar-refractivity contribution in [1.29, 1.82) is 0 Å². The minimum absolute atomic E-state index is 0.0940. The van der Waals surface area contributed by atoms with Gasteiger partial charge >= 0.3 is 0 Å². The molecule has 0 bridgehead atoms. The lowest BCUT2D eigenvalue weighted by molar-refractivity contribution is -0.121. The third-order valence-corrected chi connectivity index (χ3v) is 6.14. The number of hydrogen-bond acceptors (Lipinski definition) is 6. The molecular weight excluding hydrogens is 410 g/mol. The molecule has 0 saturated heterocycles. The number of tetrazole rings is 1. The van der Waals surface area contributed by atoms with E-state index in [0.717, 1.165) is 28.1 Å². The number of fused-ring (bicyclic) bond motifs is 1. The van der Waals surface area contributed by atoms with Gasteiger partial charge in [-0.3, -0.25) is 4.79 Å². The van der Waals surface area contributed by atoms with Crippen LogP contribution in [0.2, 0.25) is 0 Å². The highest BCUT2D eigenvalue weighted by Crippen LogP contribution is 2.27. The van der Waals surface area contributed by atoms with Crippen molar-refractivity contribution < 1.29 is 4.79 Å². The molecule has 0 aliphatic carbocycles. The van der Waals surface area contributed by atoms with Crippen LogP contribution >= 0.6 is 11.8 Å². The normalized spacial score (nSPS) is 13.5. The second-order valence-corrected chi connectivity index (χ2v) is 9.10. The summed E-state index contributed by atoms with van der Waals surface area (Å²) in [6.45, 7) is 7.98. The van der Waals surface area contributed by atoms with Gasteiger partial charge in [-0.2, -0.15) is 4.68 Å². The third kappa shape index (κ3) is 4.46. The zero-order valence-electron chi connectivity index (χ0n) is 17.9. The van der Waals surface area contributed by atoms with Gasteiger partial charge in [0.1, 0.15) is 5.82 Å². The number of amides is 1. The molecule has 0 aliphatic rings. The van der Waals surface area contributed by atoms with Crippen LogP contribution in [0.3, 0.4) is 0 Å². The fraction of sp³-hybridized carbons (Fsp3) is 0.318. The molecule has 4 rings (SSSR count). The Kier molecular flexibility index (Phi) is 6.03. The molecule has 0 fully saturated rings. The molecule has 31 heavy (non-hydrogen) atoms. The van der Waals surface area contributed by atoms with E-state index < -0.39 is 0 Å². The first-order chi connectivity index (χ1) is 14.9. The summed E-state index contributed by atoms with van der Waals surface area (Å²) in [5, 5.41) is 15.4. The maximum atomic E-state index is 13.0. The number of hydrogen-bond donors (Lipinski definition) is 2. The first-order valence-corrected chi connectivity index (χ1v) is 11.1. The minimum atomic E-state index is -0.389. The Morgan fingerprint density at radius 3 is 2.58 bits per heavy atom. The maximum Gasteiger partial charge on any atom is 0.233 e. The van der Waals surface area contributed by atoms with E-state index in [4.69, 9.17) is 0 Å². The zero-order chi connectivity index (χ0) is 22.0. The van der Waals surface area contributed by atoms with Gasteiger partial charge in [0.2, 0.25) is 11.1 Å². The van der Waals surface area contributed by atoms with Gasteiger partial charge in [-0.15, -0.1) is 5.10 Å². The fourth-order valence-corrected chi connectivity index (χ4v) is 4.17. The van der Waals surface area contributed by atoms with Crippen LogP contribution < -0.4 is 5.32 Å². The van der Waals surface area contributed by atoms with Crippen LogP contribution in [-0.2, 0) is 4.79 Å². The second kappa shape index (κ2) is 8.89. The van der Waals surface area contributed by atoms with Crippen molar-refractivity contribution in [3.63, 3.8) is 0 Å². The number of para-hydroxylation sites is 3. The molecule has 2 aromatic carbocycles. The van der Waals surface area contributed by atoms with Crippen molar-refractivity contribution in [2.45, 2.75) is 44.1 Å². The number of benzene rings is 2. The van der Waals surface area contributed by atoms with Gasteiger partial charge in [0.05, 0.1) is 28.0 Å². The number of aromatic amines is 1. The third-order valence-electron chi connectivity index (χ3n) is 5.10. The highest BCUT2D eigenvalue weighted by molar-refractivity contribution is 8.00. The second-order valence-electron chi connectivity index (χ2n) is 7.79. The van der Waals surface area contributed by atoms with Crippen molar-refractivity contribution >= 4 is 28.7 Å². The van der Waals surface area contributed by atoms with E-state index in [9.17, 15) is 4.79 Å². The van der Waals surface area contributed by atoms with Crippen LogP contribution in [0.1, 0.15) is 38.2 Å². The van der Waals surface area contributed by atoms with Gasteiger partial charge in [0.25, 0.3) is 0 Å². The first kappa shape index (κ1) is 21.0. The van der Waals surface area contributed by atoms with Gasteiger partial charge in [-0.05, 0) is 54.0 Å². The number of nitrogens with zero attached hydrogens (tertiary/aromatic N) is 5. The lowest BCUT2D eigenvalue weighted by atomic mass is 10.0. The SMILES string of the molecule is Cc1ccccc1-n1nnnc1SC(C)C(=O)NC(c1nc2ccccc2[nH]1)C(C)C. The Balaban J connectivity index is 1.50. The number of aryl methyl sites for hydroxylation is 1. The van der Waals surface area contributed by atoms with E-state index >= 15 is 0 Å². The quantitative estimate of drug-likeness (QED) is 0.428. The number of carbonyl (C=O) groups excluding carboxylic acids is 1. The van der Waals surface area contributed by atoms with Gasteiger partial charge < -0.3 is 10.3 Å². The molecule has 2 heterocycles. The highest BCUT2D eigenvalue weighted by atomic mass is 32.2. The number of imidazole rings is 1. The number of thioether (sulfide) groups is 1. The molecule has 0 saturated carbocycles. The summed E-state index contributed by atoms with van der Waals surface area (Å²) in [6, 6.07) is 15.5. The van der Waals surface area contributed by atoms with Crippen molar-refractivity contribution in [3.05, 3.63) is 59.9 Å². The van der Waals surface area contributed by atoms with E-state index in [1.165, 1.54) is 11.8 Å². The Morgan fingerprint density at radius 1 is 1.10 bits per heavy atom. The lowest BCUT2D eigenvalue weighted by Crippen LogP contribution is -2.37. The van der Waals surface area contributed by atoms with E-state index in [0.29, 0.717) is 5.16 Å². The Morgan fingerprint density at radius 2 is 1.84 bits per heavy atom. The van der Waals surface area contributed by atoms with Gasteiger partial charge in [0, 0.05) is 0 Å². The van der Waals surface area contributed by atoms with Crippen LogP contribution in [-0.4, -0.2) is 41.3 Å². The molecule has 9 heteroatoms. The van der Waals surface area contributed by atoms with Gasteiger partial charge in [-0.1, -0.05) is 55.9 Å². The largest absolute Gasteiger partial charge is 0.345 e. The average Bonchev–Trinajstić information content (AvgIpc) is 3.38. The molecule has 0 spiro atoms. The van der Waals surface area contributed by atoms with E-state index in [1.807, 2.05) is 62.4 Å². The van der Waals surface area contributed by atoms with Crippen LogP contribution in [0.25, 0.3) is 16.7 Å². The summed E-state index contributed by atoms with van der Waals surface area (Å²) in [5.74, 6) is 0.828. The van der Waals surface area contributed by atoms with Gasteiger partial charge in [0.15, 0.2) is 0 Å². The predicted molar refractivity (Wildman–Crippen MR) is 121 cm³/mol. The summed E-state index contributed by atoms with van der Waals surface area (Å²) in [6.07, 6.45) is 0. The summed E-state index contributed by atoms with van der Waals surface area (Å²) in [5.41, 5.74) is 3.79. The number of rotatable bonds is 7. The number of carbonyl (C=O) groups is 1. The van der Waals surface area contributed by atoms with Gasteiger partial charge in [-0.25, -0.2) is 4.98 Å². The van der Waals surface area contributed by atoms with Crippen molar-refractivity contribution in [2.75, 3.05) is 0 Å². The molecular formula is C22H25N7OS. The number of aromatic nitrogens is 6. The molecule has 8 nitrogen and oxygen atoms in total. The monoisotopic (exact) mass is 435 g/mol. The molecule has 2 N–H and O–H groups in total. The highest BCUT2D eigenvalue weighted by Gasteiger charge is 2.26. The lowest BCUT2D eigenvalue weighted by Gasteiger charge is -2.22. The molecule has 160 valence electrons. The van der Waals surface area contributed by atoms with Crippen molar-refractivity contribution in [1.82, 2.24) is 35.5 Å². The number of nitrogens with one attached hydrogen (secondary N) is 2. The molecule has 2 atom stereocenters. The molecule has 4 aromatic rings. The van der Waals surface area contributed by atoms with E-state index in [1.54, 1.807) is 4.68 Å². The topological polar surface area (TPSA) is 101 Å². The fourth-order valence-electron chi connectivity index (χ4n) is 3.36. The molecule has 0 radical (unpaired) electrons. The van der Waals surface area contributed by atoms with E-state index in [2.05, 4.69) is 44.7 Å². The van der Waals surface area contributed by atoms with E-state index in [-0.39, 0.29) is 23.1 Å². The number of H-pyrrole nitrogens is 1. The summed E-state index contributed by atoms with van der Waals surface area (Å²) in [7, 11) is 0. The minimum Gasteiger partial charge on any atom is -0.345 e. The molecule has 2 unspecified atom stereocenters. The van der Waals surface area contributed by atoms with Crippen molar-refractivity contribution in [2.24, 2.45) is 5.92 Å². The Labute approximate surface area is 184 Å². The maximum absolute atomic E-state index is 13.0. The summed E-state index contributed by atoms with van der Waals surface area (Å²) >= 11 is 1.33. The molecule has 0 aliphatic heterocycles.